The van der Waals surface area contributed by atoms with Crippen LogP contribution in [0.15, 0.2) is 18.3 Å². The number of aromatic nitrogens is 1. The summed E-state index contributed by atoms with van der Waals surface area (Å²) in [5.41, 5.74) is 2.83. The molecule has 1 aliphatic heterocycles. The quantitative estimate of drug-likeness (QED) is 0.777. The average molecular weight is 232 g/mol. The van der Waals surface area contributed by atoms with Gasteiger partial charge in [-0.2, -0.15) is 0 Å². The van der Waals surface area contributed by atoms with Gasteiger partial charge < -0.3 is 0 Å². The molecule has 0 aliphatic carbocycles. The Balaban J connectivity index is 2.05. The Morgan fingerprint density at radius 1 is 1.18 bits per heavy atom. The smallest absolute Gasteiger partial charge is 0.0546 e. The summed E-state index contributed by atoms with van der Waals surface area (Å²) in [4.78, 5) is 7.03. The molecule has 2 rings (SSSR count). The zero-order chi connectivity index (χ0) is 12.3. The lowest BCUT2D eigenvalue weighted by Gasteiger charge is -2.26. The summed E-state index contributed by atoms with van der Waals surface area (Å²) < 4.78 is 0. The molecule has 1 aliphatic rings. The SMILES string of the molecule is CC(C)(C)c1ccnc(CN2CCCCC2)c1. The van der Waals surface area contributed by atoms with Crippen LogP contribution >= 0.6 is 0 Å². The number of likely N-dealkylation sites (tertiary alicyclic amines) is 1. The molecule has 1 aromatic rings. The first-order valence-electron chi connectivity index (χ1n) is 6.73. The van der Waals surface area contributed by atoms with Crippen molar-refractivity contribution in [3.8, 4) is 0 Å². The fourth-order valence-corrected chi connectivity index (χ4v) is 2.38. The topological polar surface area (TPSA) is 16.1 Å². The second-order valence-electron chi connectivity index (χ2n) is 6.12. The van der Waals surface area contributed by atoms with Gasteiger partial charge in [0.15, 0.2) is 0 Å². The van der Waals surface area contributed by atoms with Gasteiger partial charge in [0.25, 0.3) is 0 Å². The van der Waals surface area contributed by atoms with Crippen molar-refractivity contribution in [1.82, 2.24) is 9.88 Å². The minimum absolute atomic E-state index is 0.222. The molecule has 17 heavy (non-hydrogen) atoms. The fourth-order valence-electron chi connectivity index (χ4n) is 2.38. The maximum absolute atomic E-state index is 4.51. The van der Waals surface area contributed by atoms with E-state index in [4.69, 9.17) is 0 Å². The fraction of sp³-hybridized carbons (Fsp3) is 0.667. The van der Waals surface area contributed by atoms with Gasteiger partial charge in [0, 0.05) is 12.7 Å². The second kappa shape index (κ2) is 5.18. The van der Waals surface area contributed by atoms with Crippen molar-refractivity contribution >= 4 is 0 Å². The van der Waals surface area contributed by atoms with Crippen LogP contribution in [0.1, 0.15) is 51.3 Å². The molecule has 2 nitrogen and oxygen atoms in total. The largest absolute Gasteiger partial charge is 0.298 e. The minimum Gasteiger partial charge on any atom is -0.298 e. The molecule has 0 bridgehead atoms. The maximum Gasteiger partial charge on any atom is 0.0546 e. The maximum atomic E-state index is 4.51. The third-order valence-corrected chi connectivity index (χ3v) is 3.52. The van der Waals surface area contributed by atoms with E-state index in [1.807, 2.05) is 6.20 Å². The Morgan fingerprint density at radius 2 is 1.88 bits per heavy atom. The molecule has 0 N–H and O–H groups in total. The zero-order valence-electron chi connectivity index (χ0n) is 11.4. The van der Waals surface area contributed by atoms with Gasteiger partial charge in [0.05, 0.1) is 5.69 Å². The van der Waals surface area contributed by atoms with Crippen molar-refractivity contribution in [2.24, 2.45) is 0 Å². The predicted molar refractivity (Wildman–Crippen MR) is 72.1 cm³/mol. The number of nitrogens with zero attached hydrogens (tertiary/aromatic N) is 2. The van der Waals surface area contributed by atoms with E-state index in [2.05, 4.69) is 42.8 Å². The van der Waals surface area contributed by atoms with E-state index in [0.29, 0.717) is 0 Å². The molecule has 1 saturated heterocycles. The summed E-state index contributed by atoms with van der Waals surface area (Å²) in [5, 5.41) is 0. The standard InChI is InChI=1S/C15H24N2/c1-15(2,3)13-7-8-16-14(11-13)12-17-9-5-4-6-10-17/h7-8,11H,4-6,9-10,12H2,1-3H3. The van der Waals surface area contributed by atoms with Crippen LogP contribution in [-0.4, -0.2) is 23.0 Å². The molecular weight excluding hydrogens is 208 g/mol. The van der Waals surface area contributed by atoms with Gasteiger partial charge in [-0.3, -0.25) is 9.88 Å². The summed E-state index contributed by atoms with van der Waals surface area (Å²) in [6, 6.07) is 4.41. The summed E-state index contributed by atoms with van der Waals surface area (Å²) in [5.74, 6) is 0. The van der Waals surface area contributed by atoms with Gasteiger partial charge in [0.1, 0.15) is 0 Å². The number of pyridine rings is 1. The normalized spacial score (nSPS) is 18.3. The summed E-state index contributed by atoms with van der Waals surface area (Å²) in [6.07, 6.45) is 6.05. The first-order valence-corrected chi connectivity index (χ1v) is 6.73. The first kappa shape index (κ1) is 12.6. The lowest BCUT2D eigenvalue weighted by molar-refractivity contribution is 0.218. The number of hydrogen-bond acceptors (Lipinski definition) is 2. The Kier molecular flexibility index (Phi) is 3.82. The van der Waals surface area contributed by atoms with E-state index in [1.54, 1.807) is 0 Å². The Hall–Kier alpha value is -0.890. The van der Waals surface area contributed by atoms with Gasteiger partial charge in [-0.15, -0.1) is 0 Å². The van der Waals surface area contributed by atoms with Crippen LogP contribution in [0.4, 0.5) is 0 Å². The molecular formula is C15H24N2. The highest BCUT2D eigenvalue weighted by molar-refractivity contribution is 5.23. The molecule has 2 heteroatoms. The van der Waals surface area contributed by atoms with Gasteiger partial charge in [0.2, 0.25) is 0 Å². The number of rotatable bonds is 2. The lowest BCUT2D eigenvalue weighted by Crippen LogP contribution is -2.29. The molecule has 0 amide bonds. The second-order valence-corrected chi connectivity index (χ2v) is 6.12. The van der Waals surface area contributed by atoms with Gasteiger partial charge in [-0.1, -0.05) is 27.2 Å². The molecule has 0 aromatic carbocycles. The van der Waals surface area contributed by atoms with E-state index in [1.165, 1.54) is 43.6 Å². The summed E-state index contributed by atoms with van der Waals surface area (Å²) in [6.45, 7) is 10.3. The van der Waals surface area contributed by atoms with Crippen molar-refractivity contribution in [2.75, 3.05) is 13.1 Å². The van der Waals surface area contributed by atoms with E-state index < -0.39 is 0 Å². The molecule has 1 fully saturated rings. The summed E-state index contributed by atoms with van der Waals surface area (Å²) >= 11 is 0. The third-order valence-electron chi connectivity index (χ3n) is 3.52. The Bertz CT molecular complexity index is 359. The lowest BCUT2D eigenvalue weighted by atomic mass is 9.87. The van der Waals surface area contributed by atoms with Crippen LogP contribution in [0.3, 0.4) is 0 Å². The van der Waals surface area contributed by atoms with E-state index in [0.717, 1.165) is 6.54 Å². The van der Waals surface area contributed by atoms with Gasteiger partial charge in [-0.25, -0.2) is 0 Å². The molecule has 0 radical (unpaired) electrons. The predicted octanol–water partition coefficient (Wildman–Crippen LogP) is 3.37. The van der Waals surface area contributed by atoms with E-state index in [9.17, 15) is 0 Å². The van der Waals surface area contributed by atoms with Crippen molar-refractivity contribution < 1.29 is 0 Å². The van der Waals surface area contributed by atoms with Crippen LogP contribution in [0.2, 0.25) is 0 Å². The third kappa shape index (κ3) is 3.53. The van der Waals surface area contributed by atoms with Crippen molar-refractivity contribution in [3.63, 3.8) is 0 Å². The number of piperidine rings is 1. The molecule has 0 unspecified atom stereocenters. The zero-order valence-corrected chi connectivity index (χ0v) is 11.4. The molecule has 94 valence electrons. The Morgan fingerprint density at radius 3 is 2.53 bits per heavy atom. The van der Waals surface area contributed by atoms with Crippen LogP contribution in [0.5, 0.6) is 0 Å². The average Bonchev–Trinajstić information content (AvgIpc) is 2.29. The molecule has 0 saturated carbocycles. The molecule has 1 aromatic heterocycles. The highest BCUT2D eigenvalue weighted by Gasteiger charge is 2.16. The summed E-state index contributed by atoms with van der Waals surface area (Å²) in [7, 11) is 0. The van der Waals surface area contributed by atoms with Crippen LogP contribution in [0.25, 0.3) is 0 Å². The Labute approximate surface area is 105 Å². The van der Waals surface area contributed by atoms with Crippen LogP contribution < -0.4 is 0 Å². The van der Waals surface area contributed by atoms with E-state index >= 15 is 0 Å². The molecule has 0 atom stereocenters. The minimum atomic E-state index is 0.222. The van der Waals surface area contributed by atoms with Crippen molar-refractivity contribution in [2.45, 2.75) is 52.0 Å². The van der Waals surface area contributed by atoms with Crippen molar-refractivity contribution in [3.05, 3.63) is 29.6 Å². The highest BCUT2D eigenvalue weighted by atomic mass is 15.1. The van der Waals surface area contributed by atoms with E-state index in [-0.39, 0.29) is 5.41 Å². The van der Waals surface area contributed by atoms with Crippen LogP contribution in [-0.2, 0) is 12.0 Å². The monoisotopic (exact) mass is 232 g/mol. The molecule has 0 spiro atoms. The first-order chi connectivity index (χ1) is 8.05. The van der Waals surface area contributed by atoms with Gasteiger partial charge in [-0.05, 0) is 49.0 Å². The number of hydrogen-bond donors (Lipinski definition) is 0. The molecule has 2 heterocycles. The highest BCUT2D eigenvalue weighted by Crippen LogP contribution is 2.22. The van der Waals surface area contributed by atoms with Crippen molar-refractivity contribution in [1.29, 1.82) is 0 Å². The van der Waals surface area contributed by atoms with Gasteiger partial charge >= 0.3 is 0 Å². The van der Waals surface area contributed by atoms with Crippen LogP contribution in [0, 0.1) is 0 Å².